The molecule has 2 aromatic carbocycles. The van der Waals surface area contributed by atoms with Gasteiger partial charge in [-0.05, 0) is 50.2 Å². The van der Waals surface area contributed by atoms with E-state index in [4.69, 9.17) is 0 Å². The van der Waals surface area contributed by atoms with E-state index in [0.29, 0.717) is 24.6 Å². The van der Waals surface area contributed by atoms with Crippen molar-refractivity contribution in [1.29, 1.82) is 0 Å². The zero-order valence-corrected chi connectivity index (χ0v) is 15.1. The lowest BCUT2D eigenvalue weighted by atomic mass is 9.90. The molecule has 1 amide bonds. The fourth-order valence-electron chi connectivity index (χ4n) is 3.68. The first-order valence-electron chi connectivity index (χ1n) is 9.13. The Balaban J connectivity index is 1.59. The van der Waals surface area contributed by atoms with E-state index in [9.17, 15) is 14.9 Å². The summed E-state index contributed by atoms with van der Waals surface area (Å²) in [5, 5.41) is 11.3. The first-order valence-corrected chi connectivity index (χ1v) is 9.13. The Morgan fingerprint density at radius 3 is 2.46 bits per heavy atom. The maximum Gasteiger partial charge on any atom is 0.285 e. The van der Waals surface area contributed by atoms with Crippen LogP contribution in [0.4, 0.5) is 5.69 Å². The maximum atomic E-state index is 12.8. The third-order valence-electron chi connectivity index (χ3n) is 5.24. The van der Waals surface area contributed by atoms with Crippen molar-refractivity contribution >= 4 is 11.6 Å². The minimum atomic E-state index is -0.449. The molecule has 0 spiro atoms. The van der Waals surface area contributed by atoms with Crippen molar-refractivity contribution in [2.24, 2.45) is 5.92 Å². The number of para-hydroxylation sites is 1. The highest BCUT2D eigenvalue weighted by Gasteiger charge is 2.29. The van der Waals surface area contributed by atoms with Crippen LogP contribution in [-0.2, 0) is 6.42 Å². The second-order valence-electron chi connectivity index (χ2n) is 6.99. The minimum Gasteiger partial charge on any atom is -0.338 e. The van der Waals surface area contributed by atoms with E-state index in [2.05, 4.69) is 24.3 Å². The first kappa shape index (κ1) is 18.1. The van der Waals surface area contributed by atoms with Crippen LogP contribution in [0.15, 0.2) is 48.5 Å². The van der Waals surface area contributed by atoms with E-state index in [1.807, 2.05) is 6.07 Å². The molecule has 3 rings (SSSR count). The molecule has 1 saturated heterocycles. The fraction of sp³-hybridized carbons (Fsp3) is 0.381. The number of hydrogen-bond acceptors (Lipinski definition) is 3. The summed E-state index contributed by atoms with van der Waals surface area (Å²) in [4.78, 5) is 25.4. The average Bonchev–Trinajstić information content (AvgIpc) is 2.66. The van der Waals surface area contributed by atoms with Crippen LogP contribution in [0.5, 0.6) is 0 Å². The van der Waals surface area contributed by atoms with Gasteiger partial charge in [0.05, 0.1) is 4.92 Å². The number of piperidine rings is 1. The van der Waals surface area contributed by atoms with Gasteiger partial charge in [-0.25, -0.2) is 0 Å². The first-order chi connectivity index (χ1) is 12.6. The molecule has 0 aromatic heterocycles. The number of rotatable bonds is 5. The zero-order valence-electron chi connectivity index (χ0n) is 15.1. The van der Waals surface area contributed by atoms with Gasteiger partial charge in [0.25, 0.3) is 11.6 Å². The number of nitrogens with zero attached hydrogens (tertiary/aromatic N) is 2. The third-order valence-corrected chi connectivity index (χ3v) is 5.24. The van der Waals surface area contributed by atoms with E-state index in [0.717, 1.165) is 25.7 Å². The summed E-state index contributed by atoms with van der Waals surface area (Å²) in [6.45, 7) is 3.01. The van der Waals surface area contributed by atoms with E-state index >= 15 is 0 Å². The Labute approximate surface area is 153 Å². The molecule has 26 heavy (non-hydrogen) atoms. The molecule has 0 atom stereocenters. The normalized spacial score (nSPS) is 15.0. The van der Waals surface area contributed by atoms with Crippen molar-refractivity contribution in [3.8, 4) is 0 Å². The summed E-state index contributed by atoms with van der Waals surface area (Å²) in [5.41, 5.74) is 2.02. The number of hydrogen-bond donors (Lipinski definition) is 0. The van der Waals surface area contributed by atoms with Crippen LogP contribution in [0.3, 0.4) is 0 Å². The number of nitro groups is 1. The zero-order chi connectivity index (χ0) is 18.5. The average molecular weight is 352 g/mol. The Kier molecular flexibility index (Phi) is 5.66. The summed E-state index contributed by atoms with van der Waals surface area (Å²) in [6, 6.07) is 15.4. The van der Waals surface area contributed by atoms with Gasteiger partial charge in [0.15, 0.2) is 0 Å². The van der Waals surface area contributed by atoms with E-state index < -0.39 is 4.92 Å². The van der Waals surface area contributed by atoms with Gasteiger partial charge >= 0.3 is 0 Å². The lowest BCUT2D eigenvalue weighted by Crippen LogP contribution is -2.38. The highest BCUT2D eigenvalue weighted by molar-refractivity contribution is 5.98. The minimum absolute atomic E-state index is 0.0660. The van der Waals surface area contributed by atoms with Gasteiger partial charge in [0, 0.05) is 18.7 Å². The quantitative estimate of drug-likeness (QED) is 0.592. The Bertz CT molecular complexity index is 781. The van der Waals surface area contributed by atoms with Gasteiger partial charge in [-0.2, -0.15) is 0 Å². The molecular weight excluding hydrogens is 328 g/mol. The highest BCUT2D eigenvalue weighted by Crippen LogP contribution is 2.28. The van der Waals surface area contributed by atoms with Crippen molar-refractivity contribution in [2.75, 3.05) is 13.1 Å². The molecule has 0 saturated carbocycles. The van der Waals surface area contributed by atoms with Gasteiger partial charge in [-0.15, -0.1) is 0 Å². The predicted molar refractivity (Wildman–Crippen MR) is 101 cm³/mol. The van der Waals surface area contributed by atoms with Crippen LogP contribution < -0.4 is 0 Å². The van der Waals surface area contributed by atoms with Gasteiger partial charge in [-0.3, -0.25) is 14.9 Å². The topological polar surface area (TPSA) is 63.5 Å². The molecule has 0 unspecified atom stereocenters. The smallest absolute Gasteiger partial charge is 0.285 e. The molecule has 0 radical (unpaired) electrons. The number of benzene rings is 2. The van der Waals surface area contributed by atoms with E-state index in [-0.39, 0.29) is 17.2 Å². The van der Waals surface area contributed by atoms with Crippen molar-refractivity contribution in [2.45, 2.75) is 32.6 Å². The summed E-state index contributed by atoms with van der Waals surface area (Å²) in [5.74, 6) is 0.383. The number of amides is 1. The van der Waals surface area contributed by atoms with Crippen LogP contribution in [-0.4, -0.2) is 28.8 Å². The predicted octanol–water partition coefficient (Wildman–Crippen LogP) is 4.39. The van der Waals surface area contributed by atoms with Crippen molar-refractivity contribution < 1.29 is 9.72 Å². The lowest BCUT2D eigenvalue weighted by molar-refractivity contribution is -0.385. The second-order valence-corrected chi connectivity index (χ2v) is 6.99. The molecule has 5 nitrogen and oxygen atoms in total. The van der Waals surface area contributed by atoms with Crippen molar-refractivity contribution in [3.63, 3.8) is 0 Å². The molecule has 0 N–H and O–H groups in total. The molecule has 136 valence electrons. The number of carbonyl (C=O) groups is 1. The molecule has 1 aliphatic rings. The monoisotopic (exact) mass is 352 g/mol. The molecule has 1 aliphatic heterocycles. The van der Waals surface area contributed by atoms with Crippen LogP contribution in [0.25, 0.3) is 0 Å². The fourth-order valence-corrected chi connectivity index (χ4v) is 3.68. The summed E-state index contributed by atoms with van der Waals surface area (Å²) >= 11 is 0. The molecule has 1 fully saturated rings. The maximum absolute atomic E-state index is 12.8. The van der Waals surface area contributed by atoms with E-state index in [1.54, 1.807) is 30.0 Å². The highest BCUT2D eigenvalue weighted by atomic mass is 16.6. The number of nitro benzene ring substituents is 1. The Morgan fingerprint density at radius 1 is 1.12 bits per heavy atom. The number of carbonyl (C=O) groups excluding carboxylic acids is 1. The molecule has 1 heterocycles. The largest absolute Gasteiger partial charge is 0.338 e. The SMILES string of the molecule is Cc1cccc(C(=O)N2CCC(CCc3ccccc3)CC2)c1[N+](=O)[O-]. The van der Waals surface area contributed by atoms with Crippen molar-refractivity contribution in [3.05, 3.63) is 75.3 Å². The number of likely N-dealkylation sites (tertiary alicyclic amines) is 1. The van der Waals surface area contributed by atoms with Crippen LogP contribution in [0, 0.1) is 23.0 Å². The standard InChI is InChI=1S/C21H24N2O3/c1-16-6-5-9-19(20(16)23(25)26)21(24)22-14-12-18(13-15-22)11-10-17-7-3-2-4-8-17/h2-9,18H,10-15H2,1H3. The van der Waals surface area contributed by atoms with Gasteiger partial charge in [0.1, 0.15) is 5.56 Å². The molecule has 5 heteroatoms. The third kappa shape index (κ3) is 4.10. The Hall–Kier alpha value is -2.69. The summed E-state index contributed by atoms with van der Waals surface area (Å²) < 4.78 is 0. The van der Waals surface area contributed by atoms with Crippen molar-refractivity contribution in [1.82, 2.24) is 4.90 Å². The van der Waals surface area contributed by atoms with Gasteiger partial charge in [-0.1, -0.05) is 42.5 Å². The summed E-state index contributed by atoms with van der Waals surface area (Å²) in [7, 11) is 0. The van der Waals surface area contributed by atoms with Gasteiger partial charge < -0.3 is 4.90 Å². The lowest BCUT2D eigenvalue weighted by Gasteiger charge is -2.32. The molecule has 2 aromatic rings. The Morgan fingerprint density at radius 2 is 1.81 bits per heavy atom. The van der Waals surface area contributed by atoms with E-state index in [1.165, 1.54) is 5.56 Å². The van der Waals surface area contributed by atoms with Crippen LogP contribution >= 0.6 is 0 Å². The van der Waals surface area contributed by atoms with Crippen LogP contribution in [0.2, 0.25) is 0 Å². The summed E-state index contributed by atoms with van der Waals surface area (Å²) in [6.07, 6.45) is 4.09. The number of aryl methyl sites for hydroxylation is 2. The van der Waals surface area contributed by atoms with Gasteiger partial charge in [0.2, 0.25) is 0 Å². The molecule has 0 aliphatic carbocycles. The molecule has 0 bridgehead atoms. The van der Waals surface area contributed by atoms with Crippen LogP contribution in [0.1, 0.15) is 40.7 Å². The second kappa shape index (κ2) is 8.13. The molecular formula is C21H24N2O3.